The topological polar surface area (TPSA) is 29.9 Å². The van der Waals surface area contributed by atoms with Gasteiger partial charge in [-0.1, -0.05) is 53.1 Å². The minimum absolute atomic E-state index is 0.172. The molecule has 0 radical (unpaired) electrons. The molecule has 0 saturated carbocycles. The largest absolute Gasteiger partial charge is 0.314 e. The molecule has 0 aliphatic rings. The molecule has 0 amide bonds. The predicted octanol–water partition coefficient (Wildman–Crippen LogP) is 4.32. The van der Waals surface area contributed by atoms with Crippen molar-refractivity contribution in [3.8, 4) is 0 Å². The molecule has 4 heteroatoms. The Balaban J connectivity index is 3.06. The molecular weight excluding hydrogens is 282 g/mol. The zero-order valence-corrected chi connectivity index (χ0v) is 15.5. The molecule has 122 valence electrons. The lowest BCUT2D eigenvalue weighted by Gasteiger charge is -2.35. The van der Waals surface area contributed by atoms with Crippen LogP contribution in [-0.4, -0.2) is 22.4 Å². The lowest BCUT2D eigenvalue weighted by atomic mass is 9.75. The van der Waals surface area contributed by atoms with Gasteiger partial charge in [-0.05, 0) is 31.1 Å². The van der Waals surface area contributed by atoms with E-state index in [1.165, 1.54) is 5.69 Å². The molecule has 1 N–H and O–H groups in total. The Morgan fingerprint density at radius 2 is 1.86 bits per heavy atom. The Kier molecular flexibility index (Phi) is 6.73. The van der Waals surface area contributed by atoms with Crippen molar-refractivity contribution in [2.24, 2.45) is 11.3 Å². The molecule has 1 unspecified atom stereocenters. The van der Waals surface area contributed by atoms with Gasteiger partial charge in [0.15, 0.2) is 0 Å². The van der Waals surface area contributed by atoms with Crippen LogP contribution in [0.15, 0.2) is 0 Å². The number of nitrogens with zero attached hydrogens (tertiary/aromatic N) is 2. The van der Waals surface area contributed by atoms with Gasteiger partial charge in [-0.2, -0.15) is 5.10 Å². The number of rotatable bonds is 8. The molecule has 0 aromatic carbocycles. The summed E-state index contributed by atoms with van der Waals surface area (Å²) in [6.07, 6.45) is 1.85. The normalized spacial score (nSPS) is 15.0. The lowest BCUT2D eigenvalue weighted by Crippen LogP contribution is -2.41. The van der Waals surface area contributed by atoms with Crippen molar-refractivity contribution >= 4 is 11.6 Å². The lowest BCUT2D eigenvalue weighted by molar-refractivity contribution is 0.197. The Hall–Kier alpha value is -0.540. The molecule has 0 fully saturated rings. The van der Waals surface area contributed by atoms with Gasteiger partial charge in [0.25, 0.3) is 0 Å². The highest BCUT2D eigenvalue weighted by atomic mass is 35.5. The number of aryl methyl sites for hydroxylation is 2. The average Bonchev–Trinajstić information content (AvgIpc) is 2.72. The summed E-state index contributed by atoms with van der Waals surface area (Å²) in [5, 5.41) is 9.11. The maximum atomic E-state index is 6.58. The molecule has 1 aromatic rings. The van der Waals surface area contributed by atoms with Crippen molar-refractivity contribution < 1.29 is 0 Å². The first-order chi connectivity index (χ1) is 9.75. The van der Waals surface area contributed by atoms with Crippen LogP contribution in [0.5, 0.6) is 0 Å². The van der Waals surface area contributed by atoms with Crippen LogP contribution < -0.4 is 5.32 Å². The van der Waals surface area contributed by atoms with Crippen molar-refractivity contribution in [3.63, 3.8) is 0 Å². The van der Waals surface area contributed by atoms with E-state index in [-0.39, 0.29) is 5.41 Å². The maximum Gasteiger partial charge on any atom is 0.0850 e. The van der Waals surface area contributed by atoms with Crippen molar-refractivity contribution in [1.29, 1.82) is 0 Å². The summed E-state index contributed by atoms with van der Waals surface area (Å²) in [5.74, 6) is 0.574. The molecule has 0 aliphatic carbocycles. The van der Waals surface area contributed by atoms with E-state index in [0.717, 1.165) is 36.6 Å². The summed E-state index contributed by atoms with van der Waals surface area (Å²) >= 11 is 6.58. The van der Waals surface area contributed by atoms with Gasteiger partial charge < -0.3 is 5.32 Å². The van der Waals surface area contributed by atoms with Crippen LogP contribution in [-0.2, 0) is 19.4 Å². The molecule has 1 rings (SSSR count). The van der Waals surface area contributed by atoms with Gasteiger partial charge in [-0.15, -0.1) is 0 Å². The fraction of sp³-hybridized carbons (Fsp3) is 0.824. The van der Waals surface area contributed by atoms with Gasteiger partial charge in [-0.3, -0.25) is 4.68 Å². The van der Waals surface area contributed by atoms with Gasteiger partial charge in [0.1, 0.15) is 0 Å². The van der Waals surface area contributed by atoms with Gasteiger partial charge in [0.2, 0.25) is 0 Å². The van der Waals surface area contributed by atoms with Crippen LogP contribution in [0.25, 0.3) is 0 Å². The highest BCUT2D eigenvalue weighted by Crippen LogP contribution is 2.34. The molecule has 1 heterocycles. The van der Waals surface area contributed by atoms with Crippen molar-refractivity contribution in [3.05, 3.63) is 16.4 Å². The Labute approximate surface area is 135 Å². The zero-order chi connectivity index (χ0) is 16.2. The molecule has 1 aromatic heterocycles. The molecular formula is C17H32ClN3. The Morgan fingerprint density at radius 3 is 2.29 bits per heavy atom. The molecule has 0 saturated heterocycles. The summed E-state index contributed by atoms with van der Waals surface area (Å²) < 4.78 is 2.08. The predicted molar refractivity (Wildman–Crippen MR) is 92.1 cm³/mol. The van der Waals surface area contributed by atoms with Gasteiger partial charge in [-0.25, -0.2) is 0 Å². The molecule has 0 aliphatic heterocycles. The van der Waals surface area contributed by atoms with E-state index in [4.69, 9.17) is 11.6 Å². The third-order valence-electron chi connectivity index (χ3n) is 4.57. The average molecular weight is 314 g/mol. The summed E-state index contributed by atoms with van der Waals surface area (Å²) in [4.78, 5) is 0. The SMILES string of the molecule is CCc1nn(CC)c(CC(C)(CNC(C)C)C(C)C)c1Cl. The second kappa shape index (κ2) is 7.64. The summed E-state index contributed by atoms with van der Waals surface area (Å²) in [7, 11) is 0. The Morgan fingerprint density at radius 1 is 1.24 bits per heavy atom. The van der Waals surface area contributed by atoms with Gasteiger partial charge in [0, 0.05) is 19.1 Å². The zero-order valence-electron chi connectivity index (χ0n) is 14.8. The third kappa shape index (κ3) is 4.46. The quantitative estimate of drug-likeness (QED) is 0.774. The molecule has 1 atom stereocenters. The molecule has 0 bridgehead atoms. The monoisotopic (exact) mass is 313 g/mol. The fourth-order valence-corrected chi connectivity index (χ4v) is 2.81. The first-order valence-corrected chi connectivity index (χ1v) is 8.60. The molecule has 0 spiro atoms. The molecule has 21 heavy (non-hydrogen) atoms. The van der Waals surface area contributed by atoms with E-state index in [1.54, 1.807) is 0 Å². The van der Waals surface area contributed by atoms with E-state index in [2.05, 4.69) is 63.6 Å². The second-order valence-corrected chi connectivity index (χ2v) is 7.28. The first kappa shape index (κ1) is 18.5. The second-order valence-electron chi connectivity index (χ2n) is 6.90. The van der Waals surface area contributed by atoms with Crippen LogP contribution in [0, 0.1) is 11.3 Å². The highest BCUT2D eigenvalue weighted by molar-refractivity contribution is 6.31. The summed E-state index contributed by atoms with van der Waals surface area (Å²) in [6.45, 7) is 17.4. The standard InChI is InChI=1S/C17H32ClN3/c1-8-14-16(18)15(21(9-2)20-14)10-17(7,12(3)4)11-19-13(5)6/h12-13,19H,8-11H2,1-7H3. The van der Waals surface area contributed by atoms with Crippen molar-refractivity contribution in [1.82, 2.24) is 15.1 Å². The van der Waals surface area contributed by atoms with E-state index in [0.29, 0.717) is 12.0 Å². The Bertz CT molecular complexity index is 451. The van der Waals surface area contributed by atoms with E-state index in [1.807, 2.05) is 0 Å². The van der Waals surface area contributed by atoms with E-state index in [9.17, 15) is 0 Å². The number of hydrogen-bond donors (Lipinski definition) is 1. The van der Waals surface area contributed by atoms with Gasteiger partial charge in [0.05, 0.1) is 16.4 Å². The first-order valence-electron chi connectivity index (χ1n) is 8.22. The fourth-order valence-electron chi connectivity index (χ4n) is 2.48. The summed E-state index contributed by atoms with van der Waals surface area (Å²) in [6, 6.07) is 0.501. The van der Waals surface area contributed by atoms with Crippen LogP contribution in [0.3, 0.4) is 0 Å². The number of hydrogen-bond acceptors (Lipinski definition) is 2. The van der Waals surface area contributed by atoms with Crippen LogP contribution in [0.2, 0.25) is 5.02 Å². The van der Waals surface area contributed by atoms with Crippen molar-refractivity contribution in [2.45, 2.75) is 73.9 Å². The van der Waals surface area contributed by atoms with Gasteiger partial charge >= 0.3 is 0 Å². The highest BCUT2D eigenvalue weighted by Gasteiger charge is 2.31. The number of nitrogens with one attached hydrogen (secondary N) is 1. The molecule has 3 nitrogen and oxygen atoms in total. The van der Waals surface area contributed by atoms with Crippen molar-refractivity contribution in [2.75, 3.05) is 6.54 Å². The number of aromatic nitrogens is 2. The van der Waals surface area contributed by atoms with Crippen LogP contribution in [0.1, 0.15) is 59.9 Å². The smallest absolute Gasteiger partial charge is 0.0850 e. The number of halogens is 1. The van der Waals surface area contributed by atoms with Crippen LogP contribution in [0.4, 0.5) is 0 Å². The van der Waals surface area contributed by atoms with Crippen LogP contribution >= 0.6 is 11.6 Å². The van der Waals surface area contributed by atoms with E-state index < -0.39 is 0 Å². The third-order valence-corrected chi connectivity index (χ3v) is 5.01. The minimum atomic E-state index is 0.172. The van der Waals surface area contributed by atoms with E-state index >= 15 is 0 Å². The minimum Gasteiger partial charge on any atom is -0.314 e. The summed E-state index contributed by atoms with van der Waals surface area (Å²) in [5.41, 5.74) is 2.39. The maximum absolute atomic E-state index is 6.58.